The van der Waals surface area contributed by atoms with Crippen molar-refractivity contribution in [3.63, 3.8) is 0 Å². The van der Waals surface area contributed by atoms with Crippen molar-refractivity contribution in [2.75, 3.05) is 38.0 Å². The standard InChI is InChI=1S/C25H23N3O3S.ClH/c1-27(2)15-5-8-19-22(11-15)31-23-12-16(28(3)4)6-9-20(23)24(19)18-10-7-17(32-14-26)13-21(18)25(29)30;/h5-13,24H,1-4H3,(H,29,30);1H. The van der Waals surface area contributed by atoms with E-state index in [2.05, 4.69) is 0 Å². The number of carboxylic acid groups (broad SMARTS) is 1. The monoisotopic (exact) mass is 481 g/mol. The first-order chi connectivity index (χ1) is 15.3. The predicted molar refractivity (Wildman–Crippen MR) is 135 cm³/mol. The second-order valence-electron chi connectivity index (χ2n) is 8.02. The average molecular weight is 482 g/mol. The Balaban J connectivity index is 0.00000306. The fourth-order valence-corrected chi connectivity index (χ4v) is 4.38. The summed E-state index contributed by atoms with van der Waals surface area (Å²) in [7, 11) is 7.87. The van der Waals surface area contributed by atoms with Gasteiger partial charge in [-0.05, 0) is 41.6 Å². The summed E-state index contributed by atoms with van der Waals surface area (Å²) in [5.74, 6) is 0.0751. The fourth-order valence-electron chi connectivity index (χ4n) is 3.97. The van der Waals surface area contributed by atoms with Gasteiger partial charge in [-0.3, -0.25) is 0 Å². The molecule has 0 bridgehead atoms. The van der Waals surface area contributed by atoms with E-state index in [4.69, 9.17) is 10.00 Å². The number of fused-ring (bicyclic) bond motifs is 2. The molecule has 8 heteroatoms. The van der Waals surface area contributed by atoms with Crippen molar-refractivity contribution in [1.82, 2.24) is 0 Å². The van der Waals surface area contributed by atoms with Crippen molar-refractivity contribution in [3.05, 3.63) is 76.9 Å². The SMILES string of the molecule is CN(C)c1ccc2c(c1)Oc1cc(N(C)C)ccc1C2c1ccc(SC#N)cc1C(=O)O.Cl. The molecule has 0 unspecified atom stereocenters. The predicted octanol–water partition coefficient (Wildman–Crippen LogP) is 5.80. The summed E-state index contributed by atoms with van der Waals surface area (Å²) in [6, 6.07) is 17.2. The molecule has 6 nitrogen and oxygen atoms in total. The molecule has 0 saturated heterocycles. The van der Waals surface area contributed by atoms with Crippen LogP contribution in [0.1, 0.15) is 33.0 Å². The number of nitrogens with zero attached hydrogens (tertiary/aromatic N) is 3. The topological polar surface area (TPSA) is 76.8 Å². The lowest BCUT2D eigenvalue weighted by Crippen LogP contribution is -2.17. The number of carboxylic acids is 1. The molecule has 0 fully saturated rings. The minimum absolute atomic E-state index is 0. The van der Waals surface area contributed by atoms with Gasteiger partial charge >= 0.3 is 5.97 Å². The van der Waals surface area contributed by atoms with E-state index in [0.717, 1.165) is 34.3 Å². The molecule has 3 aromatic carbocycles. The first kappa shape index (κ1) is 24.3. The van der Waals surface area contributed by atoms with Crippen LogP contribution in [0.3, 0.4) is 0 Å². The number of hydrogen-bond donors (Lipinski definition) is 1. The van der Waals surface area contributed by atoms with Crippen molar-refractivity contribution < 1.29 is 14.6 Å². The van der Waals surface area contributed by atoms with Crippen LogP contribution in [0, 0.1) is 10.7 Å². The van der Waals surface area contributed by atoms with Gasteiger partial charge in [-0.25, -0.2) is 4.79 Å². The Morgan fingerprint density at radius 3 is 1.88 bits per heavy atom. The number of aromatic carboxylic acids is 1. The molecule has 3 aromatic rings. The van der Waals surface area contributed by atoms with Crippen LogP contribution < -0.4 is 14.5 Å². The smallest absolute Gasteiger partial charge is 0.336 e. The minimum atomic E-state index is -1.02. The Morgan fingerprint density at radius 1 is 0.909 bits per heavy atom. The molecule has 170 valence electrons. The molecule has 1 heterocycles. The molecule has 0 atom stereocenters. The van der Waals surface area contributed by atoms with E-state index in [1.807, 2.05) is 85.9 Å². The maximum atomic E-state index is 12.2. The molecule has 0 radical (unpaired) electrons. The number of benzene rings is 3. The van der Waals surface area contributed by atoms with Crippen LogP contribution in [0.2, 0.25) is 0 Å². The van der Waals surface area contributed by atoms with Crippen molar-refractivity contribution in [3.8, 4) is 16.9 Å². The van der Waals surface area contributed by atoms with Crippen molar-refractivity contribution in [2.24, 2.45) is 0 Å². The summed E-state index contributed by atoms with van der Waals surface area (Å²) in [6.07, 6.45) is 0. The highest BCUT2D eigenvalue weighted by atomic mass is 35.5. The Kier molecular flexibility index (Phi) is 7.11. The van der Waals surface area contributed by atoms with Crippen LogP contribution in [-0.4, -0.2) is 39.3 Å². The maximum Gasteiger partial charge on any atom is 0.336 e. The molecule has 0 aliphatic carbocycles. The van der Waals surface area contributed by atoms with Gasteiger partial charge in [0.2, 0.25) is 0 Å². The summed E-state index contributed by atoms with van der Waals surface area (Å²) in [5, 5.41) is 21.0. The van der Waals surface area contributed by atoms with Gasteiger partial charge in [0.25, 0.3) is 0 Å². The lowest BCUT2D eigenvalue weighted by molar-refractivity contribution is 0.0695. The number of thioether (sulfide) groups is 1. The van der Waals surface area contributed by atoms with Crippen LogP contribution in [0.5, 0.6) is 11.5 Å². The summed E-state index contributed by atoms with van der Waals surface area (Å²) in [5.41, 5.74) is 4.65. The molecule has 0 amide bonds. The van der Waals surface area contributed by atoms with Gasteiger partial charge in [0.05, 0.1) is 5.56 Å². The molecule has 1 N–H and O–H groups in total. The molecule has 4 rings (SSSR count). The van der Waals surface area contributed by atoms with Crippen LogP contribution in [0.4, 0.5) is 11.4 Å². The lowest BCUT2D eigenvalue weighted by Gasteiger charge is -2.31. The van der Waals surface area contributed by atoms with Crippen LogP contribution in [0.25, 0.3) is 0 Å². The normalized spacial score (nSPS) is 11.8. The number of nitriles is 1. The molecule has 0 spiro atoms. The highest BCUT2D eigenvalue weighted by Crippen LogP contribution is 2.50. The number of hydrogen-bond acceptors (Lipinski definition) is 6. The number of rotatable bonds is 5. The summed E-state index contributed by atoms with van der Waals surface area (Å²) in [6.45, 7) is 0. The Hall–Kier alpha value is -3.34. The van der Waals surface area contributed by atoms with Gasteiger partial charge in [-0.15, -0.1) is 12.4 Å². The minimum Gasteiger partial charge on any atom is -0.478 e. The number of ether oxygens (including phenoxy) is 1. The first-order valence-electron chi connectivity index (χ1n) is 10.0. The largest absolute Gasteiger partial charge is 0.478 e. The van der Waals surface area contributed by atoms with E-state index in [1.165, 1.54) is 0 Å². The quantitative estimate of drug-likeness (QED) is 0.285. The average Bonchev–Trinajstić information content (AvgIpc) is 2.76. The number of halogens is 1. The van der Waals surface area contributed by atoms with Gasteiger partial charge in [0, 0.05) is 73.6 Å². The second kappa shape index (κ2) is 9.65. The van der Waals surface area contributed by atoms with E-state index in [9.17, 15) is 9.90 Å². The van der Waals surface area contributed by atoms with Crippen LogP contribution in [0.15, 0.2) is 59.5 Å². The fraction of sp³-hybridized carbons (Fsp3) is 0.200. The number of anilines is 2. The Bertz CT molecular complexity index is 1200. The van der Waals surface area contributed by atoms with Gasteiger partial charge in [-0.1, -0.05) is 18.2 Å². The zero-order valence-electron chi connectivity index (χ0n) is 18.7. The number of carbonyl (C=O) groups is 1. The van der Waals surface area contributed by atoms with Crippen molar-refractivity contribution in [2.45, 2.75) is 10.8 Å². The van der Waals surface area contributed by atoms with E-state index in [-0.39, 0.29) is 23.9 Å². The number of thiocyanates is 1. The zero-order chi connectivity index (χ0) is 23.0. The molecule has 0 saturated carbocycles. The zero-order valence-corrected chi connectivity index (χ0v) is 20.3. The second-order valence-corrected chi connectivity index (χ2v) is 8.87. The Labute approximate surface area is 203 Å². The third-order valence-corrected chi connectivity index (χ3v) is 6.18. The van der Waals surface area contributed by atoms with Crippen LogP contribution >= 0.6 is 24.2 Å². The van der Waals surface area contributed by atoms with Gasteiger partial charge in [0.15, 0.2) is 0 Å². The van der Waals surface area contributed by atoms with E-state index >= 15 is 0 Å². The molecule has 0 aromatic heterocycles. The van der Waals surface area contributed by atoms with Crippen LogP contribution in [-0.2, 0) is 0 Å². The van der Waals surface area contributed by atoms with E-state index in [1.54, 1.807) is 12.1 Å². The highest BCUT2D eigenvalue weighted by molar-refractivity contribution is 8.03. The van der Waals surface area contributed by atoms with Crippen molar-refractivity contribution >= 4 is 41.5 Å². The first-order valence-corrected chi connectivity index (χ1v) is 10.9. The van der Waals surface area contributed by atoms with E-state index < -0.39 is 5.97 Å². The van der Waals surface area contributed by atoms with Gasteiger partial charge < -0.3 is 19.6 Å². The maximum absolute atomic E-state index is 12.2. The Morgan fingerprint density at radius 2 is 1.42 bits per heavy atom. The van der Waals surface area contributed by atoms with E-state index in [0.29, 0.717) is 22.0 Å². The molecule has 33 heavy (non-hydrogen) atoms. The summed E-state index contributed by atoms with van der Waals surface area (Å²) in [4.78, 5) is 16.8. The highest BCUT2D eigenvalue weighted by Gasteiger charge is 2.32. The third-order valence-electron chi connectivity index (χ3n) is 5.60. The summed E-state index contributed by atoms with van der Waals surface area (Å²) < 4.78 is 6.33. The van der Waals surface area contributed by atoms with Crippen molar-refractivity contribution in [1.29, 1.82) is 5.26 Å². The third kappa shape index (κ3) is 4.58. The van der Waals surface area contributed by atoms with Gasteiger partial charge in [0.1, 0.15) is 16.9 Å². The summed E-state index contributed by atoms with van der Waals surface area (Å²) >= 11 is 0.950. The lowest BCUT2D eigenvalue weighted by atomic mass is 9.80. The molecular weight excluding hydrogens is 458 g/mol. The molecule has 1 aliphatic rings. The molecule has 1 aliphatic heterocycles. The van der Waals surface area contributed by atoms with Gasteiger partial charge in [-0.2, -0.15) is 5.26 Å². The molecular formula is C25H24ClN3O3S.